The van der Waals surface area contributed by atoms with E-state index in [9.17, 15) is 14.7 Å². The Labute approximate surface area is 156 Å². The van der Waals surface area contributed by atoms with E-state index in [0.29, 0.717) is 11.5 Å². The maximum Gasteiger partial charge on any atom is 0.356 e. The summed E-state index contributed by atoms with van der Waals surface area (Å²) in [4.78, 5) is 26.2. The van der Waals surface area contributed by atoms with E-state index >= 15 is 0 Å². The summed E-state index contributed by atoms with van der Waals surface area (Å²) in [5.74, 6) is -1.74. The highest BCUT2D eigenvalue weighted by Crippen LogP contribution is 2.73. The largest absolute Gasteiger partial charge is 0.442 e. The smallest absolute Gasteiger partial charge is 0.356 e. The van der Waals surface area contributed by atoms with Crippen LogP contribution in [0.5, 0.6) is 11.5 Å². The summed E-state index contributed by atoms with van der Waals surface area (Å²) >= 11 is 0. The summed E-state index contributed by atoms with van der Waals surface area (Å²) in [6.07, 6.45) is -2.92. The van der Waals surface area contributed by atoms with E-state index in [1.54, 1.807) is 12.1 Å². The summed E-state index contributed by atoms with van der Waals surface area (Å²) in [6.45, 7) is 0. The van der Waals surface area contributed by atoms with Gasteiger partial charge in [0.05, 0.1) is 5.39 Å². The minimum absolute atomic E-state index is 0.0191. The fourth-order valence-corrected chi connectivity index (χ4v) is 5.32. The van der Waals surface area contributed by atoms with Crippen molar-refractivity contribution in [1.29, 1.82) is 0 Å². The number of hydrogen-bond acceptors (Lipinski definition) is 8. The van der Waals surface area contributed by atoms with Crippen molar-refractivity contribution in [2.45, 2.75) is 35.3 Å². The Kier molecular flexibility index (Phi) is 1.85. The fraction of sp³-hybridized carbons (Fsp3) is 0.300. The van der Waals surface area contributed by atoms with Crippen LogP contribution in [0.25, 0.3) is 10.8 Å². The second kappa shape index (κ2) is 3.67. The zero-order chi connectivity index (χ0) is 18.6. The van der Waals surface area contributed by atoms with Gasteiger partial charge in [-0.15, -0.1) is 0 Å². The number of fused-ring (bicyclic) bond motifs is 2. The number of benzene rings is 2. The molecule has 2 saturated heterocycles. The van der Waals surface area contributed by atoms with Gasteiger partial charge in [0.2, 0.25) is 28.7 Å². The van der Waals surface area contributed by atoms with Gasteiger partial charge in [-0.25, -0.2) is 0 Å². The monoisotopic (exact) mass is 378 g/mol. The first-order valence-corrected chi connectivity index (χ1v) is 9.00. The molecule has 1 saturated carbocycles. The Morgan fingerprint density at radius 2 is 1.71 bits per heavy atom. The van der Waals surface area contributed by atoms with Crippen LogP contribution in [-0.2, 0) is 23.8 Å². The summed E-state index contributed by atoms with van der Waals surface area (Å²) < 4.78 is 29.2. The van der Waals surface area contributed by atoms with Gasteiger partial charge in [0, 0.05) is 0 Å². The number of rotatable bonds is 0. The molecule has 0 bridgehead atoms. The molecule has 138 valence electrons. The molecule has 3 fully saturated rings. The molecule has 0 radical (unpaired) electrons. The highest BCUT2D eigenvalue weighted by molar-refractivity contribution is 6.19. The van der Waals surface area contributed by atoms with Gasteiger partial charge in [0.15, 0.2) is 0 Å². The van der Waals surface area contributed by atoms with Crippen LogP contribution in [-0.4, -0.2) is 52.0 Å². The molecule has 6 aliphatic rings. The van der Waals surface area contributed by atoms with E-state index in [-0.39, 0.29) is 11.5 Å². The number of carbonyl (C=O) groups excluding carboxylic acids is 2. The number of aliphatic hydroxyl groups is 1. The number of ketones is 2. The molecule has 2 aliphatic carbocycles. The summed E-state index contributed by atoms with van der Waals surface area (Å²) in [5.41, 5.74) is -3.66. The van der Waals surface area contributed by atoms with Gasteiger partial charge in [0.25, 0.3) is 5.60 Å². The van der Waals surface area contributed by atoms with Crippen molar-refractivity contribution in [3.8, 4) is 11.5 Å². The molecule has 5 unspecified atom stereocenters. The van der Waals surface area contributed by atoms with Crippen molar-refractivity contribution in [2.24, 2.45) is 0 Å². The van der Waals surface area contributed by atoms with Gasteiger partial charge in [-0.05, 0) is 17.5 Å². The highest BCUT2D eigenvalue weighted by Gasteiger charge is 3.02. The molecular formula is C20H10O8. The Balaban J connectivity index is 1.43. The lowest BCUT2D eigenvalue weighted by molar-refractivity contribution is -0.168. The minimum atomic E-state index is -1.85. The third kappa shape index (κ3) is 1.10. The number of ether oxygens (including phenoxy) is 5. The maximum atomic E-state index is 13.3. The predicted octanol–water partition coefficient (Wildman–Crippen LogP) is 0.351. The zero-order valence-electron chi connectivity index (χ0n) is 14.0. The normalized spacial score (nSPS) is 41.8. The molecule has 4 heterocycles. The van der Waals surface area contributed by atoms with E-state index in [2.05, 4.69) is 0 Å². The first-order valence-electron chi connectivity index (χ1n) is 9.00. The molecule has 0 aromatic heterocycles. The number of aliphatic hydroxyl groups excluding tert-OH is 1. The van der Waals surface area contributed by atoms with E-state index < -0.39 is 46.9 Å². The Morgan fingerprint density at radius 3 is 2.43 bits per heavy atom. The third-order valence-corrected chi connectivity index (χ3v) is 6.66. The molecule has 4 aliphatic heterocycles. The van der Waals surface area contributed by atoms with Gasteiger partial charge in [-0.2, -0.15) is 0 Å². The molecule has 1 spiro atoms. The summed E-state index contributed by atoms with van der Waals surface area (Å²) in [5, 5.41) is 12.4. The summed E-state index contributed by atoms with van der Waals surface area (Å²) in [6, 6.07) is 11.0. The molecule has 8 rings (SSSR count). The Bertz CT molecular complexity index is 1210. The number of Topliss-reactive ketones (excluding diaryl/α,β-unsaturated/α-hetero) is 2. The van der Waals surface area contributed by atoms with Crippen LogP contribution >= 0.6 is 0 Å². The number of carbonyl (C=O) groups is 2. The van der Waals surface area contributed by atoms with Crippen molar-refractivity contribution >= 4 is 22.3 Å². The van der Waals surface area contributed by atoms with E-state index in [0.717, 1.165) is 10.8 Å². The molecule has 2 aromatic carbocycles. The lowest BCUT2D eigenvalue weighted by Crippen LogP contribution is -2.70. The van der Waals surface area contributed by atoms with Crippen LogP contribution in [0, 0.1) is 0 Å². The van der Waals surface area contributed by atoms with Crippen LogP contribution in [0.2, 0.25) is 0 Å². The molecule has 5 atom stereocenters. The first kappa shape index (κ1) is 14.1. The topological polar surface area (TPSA) is 110 Å². The molecule has 28 heavy (non-hydrogen) atoms. The maximum absolute atomic E-state index is 13.3. The Hall–Kier alpha value is -2.94. The van der Waals surface area contributed by atoms with Gasteiger partial charge in [0.1, 0.15) is 29.8 Å². The lowest BCUT2D eigenvalue weighted by atomic mass is 9.67. The Morgan fingerprint density at radius 1 is 1.00 bits per heavy atom. The average molecular weight is 378 g/mol. The van der Waals surface area contributed by atoms with Gasteiger partial charge < -0.3 is 28.8 Å². The van der Waals surface area contributed by atoms with Crippen molar-refractivity contribution < 1.29 is 38.4 Å². The minimum Gasteiger partial charge on any atom is -0.442 e. The second-order valence-electron chi connectivity index (χ2n) is 7.87. The molecule has 8 nitrogen and oxygen atoms in total. The zero-order valence-corrected chi connectivity index (χ0v) is 14.0. The van der Waals surface area contributed by atoms with Crippen molar-refractivity contribution in [2.75, 3.05) is 0 Å². The predicted molar refractivity (Wildman–Crippen MR) is 87.3 cm³/mol. The molecule has 1 N–H and O–H groups in total. The van der Waals surface area contributed by atoms with Crippen molar-refractivity contribution in [3.05, 3.63) is 47.9 Å². The van der Waals surface area contributed by atoms with Gasteiger partial charge >= 0.3 is 5.79 Å². The van der Waals surface area contributed by atoms with Gasteiger partial charge in [-0.3, -0.25) is 9.59 Å². The quantitative estimate of drug-likeness (QED) is 0.654. The molecular weight excluding hydrogens is 368 g/mol. The third-order valence-electron chi connectivity index (χ3n) is 6.66. The fourth-order valence-electron chi connectivity index (χ4n) is 5.32. The molecule has 8 heteroatoms. The standard InChI is InChI=1S/C20H10O8/c21-14-11-12(24-11)16(23)19-18(14,28-19)15(22)13-17(25-13)20(19)26-8-5-1-3-7-4-2-6-9(27-20)10(7)8/h1-6,11-12,14,21H. The lowest BCUT2D eigenvalue weighted by Gasteiger charge is -2.41. The van der Waals surface area contributed by atoms with Crippen molar-refractivity contribution in [1.82, 2.24) is 0 Å². The van der Waals surface area contributed by atoms with Crippen LogP contribution in [0.3, 0.4) is 0 Å². The van der Waals surface area contributed by atoms with Crippen molar-refractivity contribution in [3.63, 3.8) is 0 Å². The first-order chi connectivity index (χ1) is 13.6. The average Bonchev–Trinajstić information content (AvgIpc) is 3.59. The molecule has 0 amide bonds. The van der Waals surface area contributed by atoms with Crippen LogP contribution in [0.4, 0.5) is 0 Å². The summed E-state index contributed by atoms with van der Waals surface area (Å²) in [7, 11) is 0. The van der Waals surface area contributed by atoms with E-state index in [4.69, 9.17) is 23.7 Å². The van der Waals surface area contributed by atoms with Gasteiger partial charge in [-0.1, -0.05) is 24.3 Å². The molecule has 2 aromatic rings. The SMILES string of the molecule is O=C1C2=C(O2)C2(Oc3cccc4cccc(c34)O2)C23OC12C(O)C1OC1C3=O. The van der Waals surface area contributed by atoms with E-state index in [1.165, 1.54) is 0 Å². The van der Waals surface area contributed by atoms with Crippen LogP contribution in [0.1, 0.15) is 0 Å². The highest BCUT2D eigenvalue weighted by atomic mass is 16.8. The number of epoxide rings is 2. The van der Waals surface area contributed by atoms with Crippen LogP contribution in [0.15, 0.2) is 47.9 Å². The second-order valence-corrected chi connectivity index (χ2v) is 7.87. The number of hydrogen-bond donors (Lipinski definition) is 1. The van der Waals surface area contributed by atoms with E-state index in [1.807, 2.05) is 24.3 Å². The van der Waals surface area contributed by atoms with Crippen LogP contribution < -0.4 is 9.47 Å².